The highest BCUT2D eigenvalue weighted by atomic mass is 32.2. The summed E-state index contributed by atoms with van der Waals surface area (Å²) in [6.45, 7) is 4.36. The minimum atomic E-state index is -3.35. The first-order valence-corrected chi connectivity index (χ1v) is 11.0. The molecule has 0 amide bonds. The lowest BCUT2D eigenvalue weighted by Gasteiger charge is -2.37. The zero-order valence-electron chi connectivity index (χ0n) is 14.5. The van der Waals surface area contributed by atoms with Gasteiger partial charge in [0.2, 0.25) is 10.0 Å². The van der Waals surface area contributed by atoms with E-state index in [1.165, 1.54) is 4.88 Å². The molecule has 0 saturated carbocycles. The number of benzene rings is 1. The monoisotopic (exact) mass is 379 g/mol. The number of nitrogens with zero attached hydrogens (tertiary/aromatic N) is 2. The molecule has 0 bridgehead atoms. The lowest BCUT2D eigenvalue weighted by Crippen LogP contribution is -2.48. The van der Waals surface area contributed by atoms with Gasteiger partial charge in [0.05, 0.1) is 11.8 Å². The highest BCUT2D eigenvalue weighted by Crippen LogP contribution is 2.26. The standard InChI is InChI=1S/C18H25N3O2S2/c1-20-9-11-21(12-10-20)17(18-8-5-13-24-18)14-19-25(22,23)15-16-6-3-2-4-7-16/h2-8,13,17,19H,9-12,14-15H2,1H3. The molecule has 2 aromatic rings. The Morgan fingerprint density at radius 1 is 1.08 bits per heavy atom. The number of likely N-dealkylation sites (N-methyl/N-ethyl adjacent to an activating group) is 1. The smallest absolute Gasteiger partial charge is 0.215 e. The lowest BCUT2D eigenvalue weighted by molar-refractivity contribution is 0.114. The van der Waals surface area contributed by atoms with Gasteiger partial charge in [-0.25, -0.2) is 13.1 Å². The second-order valence-electron chi connectivity index (χ2n) is 6.46. The molecule has 1 unspecified atom stereocenters. The fourth-order valence-corrected chi connectivity index (χ4v) is 5.08. The van der Waals surface area contributed by atoms with Crippen molar-refractivity contribution < 1.29 is 8.42 Å². The summed E-state index contributed by atoms with van der Waals surface area (Å²) in [4.78, 5) is 5.91. The SMILES string of the molecule is CN1CCN(C(CNS(=O)(=O)Cc2ccccc2)c2cccs2)CC1. The summed E-state index contributed by atoms with van der Waals surface area (Å²) in [5.74, 6) is 0.0216. The summed E-state index contributed by atoms with van der Waals surface area (Å²) >= 11 is 1.69. The Balaban J connectivity index is 1.66. The van der Waals surface area contributed by atoms with E-state index in [0.29, 0.717) is 6.54 Å². The van der Waals surface area contributed by atoms with Gasteiger partial charge in [-0.15, -0.1) is 11.3 Å². The van der Waals surface area contributed by atoms with Crippen LogP contribution in [-0.4, -0.2) is 58.0 Å². The van der Waals surface area contributed by atoms with Crippen LogP contribution in [0.1, 0.15) is 16.5 Å². The van der Waals surface area contributed by atoms with E-state index >= 15 is 0 Å². The van der Waals surface area contributed by atoms with Crippen molar-refractivity contribution in [2.45, 2.75) is 11.8 Å². The molecule has 2 heterocycles. The zero-order chi connectivity index (χ0) is 17.7. The van der Waals surface area contributed by atoms with Crippen LogP contribution in [0, 0.1) is 0 Å². The van der Waals surface area contributed by atoms with Gasteiger partial charge in [-0.05, 0) is 24.1 Å². The Morgan fingerprint density at radius 2 is 1.80 bits per heavy atom. The van der Waals surface area contributed by atoms with Crippen molar-refractivity contribution in [1.82, 2.24) is 14.5 Å². The summed E-state index contributed by atoms with van der Waals surface area (Å²) < 4.78 is 27.8. The summed E-state index contributed by atoms with van der Waals surface area (Å²) in [6, 6.07) is 13.5. The van der Waals surface area contributed by atoms with E-state index in [1.807, 2.05) is 36.4 Å². The van der Waals surface area contributed by atoms with E-state index in [4.69, 9.17) is 0 Å². The van der Waals surface area contributed by atoms with E-state index < -0.39 is 10.0 Å². The highest BCUT2D eigenvalue weighted by Gasteiger charge is 2.26. The maximum absolute atomic E-state index is 12.5. The third kappa shape index (κ3) is 5.36. The Kier molecular flexibility index (Phi) is 6.24. The van der Waals surface area contributed by atoms with E-state index in [2.05, 4.69) is 33.0 Å². The van der Waals surface area contributed by atoms with Crippen molar-refractivity contribution in [2.24, 2.45) is 0 Å². The number of rotatable bonds is 7. The Bertz CT molecular complexity index is 740. The molecule has 7 heteroatoms. The molecule has 25 heavy (non-hydrogen) atoms. The maximum atomic E-state index is 12.5. The molecule has 1 fully saturated rings. The number of hydrogen-bond donors (Lipinski definition) is 1. The minimum absolute atomic E-state index is 0.0216. The van der Waals surface area contributed by atoms with Gasteiger partial charge in [-0.1, -0.05) is 36.4 Å². The van der Waals surface area contributed by atoms with Crippen LogP contribution in [0.15, 0.2) is 47.8 Å². The molecular formula is C18H25N3O2S2. The Morgan fingerprint density at radius 3 is 2.44 bits per heavy atom. The van der Waals surface area contributed by atoms with Crippen LogP contribution in [0.2, 0.25) is 0 Å². The average molecular weight is 380 g/mol. The van der Waals surface area contributed by atoms with E-state index in [1.54, 1.807) is 11.3 Å². The molecule has 1 atom stereocenters. The molecule has 1 aliphatic rings. The van der Waals surface area contributed by atoms with Crippen LogP contribution in [0.25, 0.3) is 0 Å². The normalized spacial score (nSPS) is 18.3. The second-order valence-corrected chi connectivity index (χ2v) is 9.25. The molecule has 5 nitrogen and oxygen atoms in total. The fraction of sp³-hybridized carbons (Fsp3) is 0.444. The predicted molar refractivity (Wildman–Crippen MR) is 103 cm³/mol. The van der Waals surface area contributed by atoms with Crippen molar-refractivity contribution in [3.63, 3.8) is 0 Å². The highest BCUT2D eigenvalue weighted by molar-refractivity contribution is 7.88. The molecule has 3 rings (SSSR count). The Labute approximate surface area is 154 Å². The van der Waals surface area contributed by atoms with Gasteiger partial charge in [0.15, 0.2) is 0 Å². The fourth-order valence-electron chi connectivity index (χ4n) is 3.07. The molecule has 136 valence electrons. The zero-order valence-corrected chi connectivity index (χ0v) is 16.1. The van der Waals surface area contributed by atoms with Crippen LogP contribution in [-0.2, 0) is 15.8 Å². The molecule has 0 radical (unpaired) electrons. The molecule has 1 saturated heterocycles. The number of hydrogen-bond acceptors (Lipinski definition) is 5. The van der Waals surface area contributed by atoms with Crippen molar-refractivity contribution >= 4 is 21.4 Å². The maximum Gasteiger partial charge on any atom is 0.215 e. The average Bonchev–Trinajstić information content (AvgIpc) is 3.11. The second kappa shape index (κ2) is 8.42. The van der Waals surface area contributed by atoms with Crippen LogP contribution in [0.5, 0.6) is 0 Å². The van der Waals surface area contributed by atoms with Gasteiger partial charge >= 0.3 is 0 Å². The largest absolute Gasteiger partial charge is 0.304 e. The topological polar surface area (TPSA) is 52.6 Å². The van der Waals surface area contributed by atoms with Crippen molar-refractivity contribution in [2.75, 3.05) is 39.8 Å². The first-order valence-electron chi connectivity index (χ1n) is 8.51. The van der Waals surface area contributed by atoms with Crippen LogP contribution >= 0.6 is 11.3 Å². The summed E-state index contributed by atoms with van der Waals surface area (Å²) in [6.07, 6.45) is 0. The number of nitrogens with one attached hydrogen (secondary N) is 1. The molecular weight excluding hydrogens is 354 g/mol. The third-order valence-electron chi connectivity index (χ3n) is 4.55. The molecule has 1 aromatic carbocycles. The molecule has 0 spiro atoms. The van der Waals surface area contributed by atoms with Crippen LogP contribution in [0.4, 0.5) is 0 Å². The summed E-state index contributed by atoms with van der Waals surface area (Å²) in [5.41, 5.74) is 0.808. The van der Waals surface area contributed by atoms with Gasteiger partial charge in [-0.2, -0.15) is 0 Å². The van der Waals surface area contributed by atoms with Gasteiger partial charge in [0.25, 0.3) is 0 Å². The van der Waals surface area contributed by atoms with Crippen molar-refractivity contribution in [3.05, 3.63) is 58.3 Å². The number of piperazine rings is 1. The third-order valence-corrected chi connectivity index (χ3v) is 6.84. The molecule has 1 aromatic heterocycles. The number of thiophene rings is 1. The van der Waals surface area contributed by atoms with E-state index in [0.717, 1.165) is 31.7 Å². The quantitative estimate of drug-likeness (QED) is 0.801. The van der Waals surface area contributed by atoms with Gasteiger partial charge in [0.1, 0.15) is 0 Å². The first-order chi connectivity index (χ1) is 12.0. The van der Waals surface area contributed by atoms with Gasteiger partial charge < -0.3 is 4.90 Å². The molecule has 0 aliphatic carbocycles. The molecule has 1 N–H and O–H groups in total. The van der Waals surface area contributed by atoms with E-state index in [9.17, 15) is 8.42 Å². The molecule has 1 aliphatic heterocycles. The van der Waals surface area contributed by atoms with Crippen LogP contribution < -0.4 is 4.72 Å². The number of sulfonamides is 1. The van der Waals surface area contributed by atoms with Gasteiger partial charge in [0, 0.05) is 37.6 Å². The van der Waals surface area contributed by atoms with Crippen molar-refractivity contribution in [3.8, 4) is 0 Å². The predicted octanol–water partition coefficient (Wildman–Crippen LogP) is 2.16. The summed E-state index contributed by atoms with van der Waals surface area (Å²) in [5, 5.41) is 2.05. The van der Waals surface area contributed by atoms with E-state index in [-0.39, 0.29) is 11.8 Å². The lowest BCUT2D eigenvalue weighted by atomic mass is 10.2. The first kappa shape index (κ1) is 18.5. The van der Waals surface area contributed by atoms with Crippen molar-refractivity contribution in [1.29, 1.82) is 0 Å². The van der Waals surface area contributed by atoms with Crippen LogP contribution in [0.3, 0.4) is 0 Å². The van der Waals surface area contributed by atoms with Gasteiger partial charge in [-0.3, -0.25) is 4.90 Å². The minimum Gasteiger partial charge on any atom is -0.304 e. The summed E-state index contributed by atoms with van der Waals surface area (Å²) in [7, 11) is -1.23. The Hall–Kier alpha value is -1.25.